The molecule has 1 atom stereocenters. The normalized spacial score (nSPS) is 16.9. The van der Waals surface area contributed by atoms with Crippen LogP contribution in [0.15, 0.2) is 54.9 Å². The second kappa shape index (κ2) is 4.88. The van der Waals surface area contributed by atoms with Crippen molar-refractivity contribution in [3.8, 4) is 0 Å². The zero-order valence-electron chi connectivity index (χ0n) is 12.1. The van der Waals surface area contributed by atoms with Gasteiger partial charge in [0.2, 0.25) is 0 Å². The molecule has 2 heteroatoms. The van der Waals surface area contributed by atoms with Crippen molar-refractivity contribution in [2.75, 3.05) is 5.32 Å². The molecule has 1 heterocycles. The molecule has 0 amide bonds. The molecule has 21 heavy (non-hydrogen) atoms. The summed E-state index contributed by atoms with van der Waals surface area (Å²) in [5, 5.41) is 6.16. The van der Waals surface area contributed by atoms with Crippen molar-refractivity contribution in [3.05, 3.63) is 71.5 Å². The molecule has 1 aliphatic carbocycles. The van der Waals surface area contributed by atoms with Crippen LogP contribution in [-0.2, 0) is 6.42 Å². The lowest BCUT2D eigenvalue weighted by Crippen LogP contribution is -2.07. The van der Waals surface area contributed by atoms with Crippen molar-refractivity contribution in [3.63, 3.8) is 0 Å². The van der Waals surface area contributed by atoms with Crippen LogP contribution < -0.4 is 5.32 Å². The fraction of sp³-hybridized carbons (Fsp3) is 0.211. The number of aromatic nitrogens is 1. The van der Waals surface area contributed by atoms with Crippen molar-refractivity contribution in [2.45, 2.75) is 25.8 Å². The quantitative estimate of drug-likeness (QED) is 0.736. The van der Waals surface area contributed by atoms with Gasteiger partial charge in [-0.2, -0.15) is 0 Å². The largest absolute Gasteiger partial charge is 0.378 e. The van der Waals surface area contributed by atoms with Gasteiger partial charge in [0.15, 0.2) is 0 Å². The minimum absolute atomic E-state index is 0.408. The Morgan fingerprint density at radius 3 is 3.05 bits per heavy atom. The van der Waals surface area contributed by atoms with Crippen LogP contribution in [0.1, 0.15) is 29.2 Å². The predicted molar refractivity (Wildman–Crippen MR) is 87.6 cm³/mol. The SMILES string of the molecule is Cc1ccc2c(c1)C(Nc1cccc3ccncc13)CC2. The second-order valence-corrected chi connectivity index (χ2v) is 5.84. The Bertz CT molecular complexity index is 802. The first kappa shape index (κ1) is 12.4. The molecule has 1 aromatic heterocycles. The van der Waals surface area contributed by atoms with Crippen LogP contribution in [0, 0.1) is 6.92 Å². The summed E-state index contributed by atoms with van der Waals surface area (Å²) in [5.74, 6) is 0. The number of nitrogens with one attached hydrogen (secondary N) is 1. The summed E-state index contributed by atoms with van der Waals surface area (Å²) < 4.78 is 0. The molecular formula is C19H18N2. The molecule has 1 N–H and O–H groups in total. The lowest BCUT2D eigenvalue weighted by molar-refractivity contribution is 0.763. The lowest BCUT2D eigenvalue weighted by atomic mass is 10.0. The fourth-order valence-corrected chi connectivity index (χ4v) is 3.30. The summed E-state index contributed by atoms with van der Waals surface area (Å²) in [7, 11) is 0. The zero-order valence-corrected chi connectivity index (χ0v) is 12.1. The highest BCUT2D eigenvalue weighted by atomic mass is 14.9. The maximum atomic E-state index is 4.27. The number of benzene rings is 2. The highest BCUT2D eigenvalue weighted by Crippen LogP contribution is 2.36. The first-order valence-electron chi connectivity index (χ1n) is 7.50. The van der Waals surface area contributed by atoms with Crippen molar-refractivity contribution < 1.29 is 0 Å². The fourth-order valence-electron chi connectivity index (χ4n) is 3.30. The van der Waals surface area contributed by atoms with E-state index < -0.39 is 0 Å². The monoisotopic (exact) mass is 274 g/mol. The van der Waals surface area contributed by atoms with E-state index in [0.717, 1.165) is 12.8 Å². The highest BCUT2D eigenvalue weighted by molar-refractivity contribution is 5.93. The van der Waals surface area contributed by atoms with Crippen LogP contribution in [0.2, 0.25) is 0 Å². The molecule has 4 rings (SSSR count). The van der Waals surface area contributed by atoms with Gasteiger partial charge in [0.25, 0.3) is 0 Å². The van der Waals surface area contributed by atoms with Gasteiger partial charge in [-0.1, -0.05) is 35.9 Å². The summed E-state index contributed by atoms with van der Waals surface area (Å²) in [6.45, 7) is 2.16. The smallest absolute Gasteiger partial charge is 0.0520 e. The number of hydrogen-bond donors (Lipinski definition) is 1. The third kappa shape index (κ3) is 2.17. The Morgan fingerprint density at radius 2 is 2.10 bits per heavy atom. The first-order chi connectivity index (χ1) is 10.3. The average molecular weight is 274 g/mol. The molecular weight excluding hydrogens is 256 g/mol. The van der Waals surface area contributed by atoms with Crippen LogP contribution in [0.4, 0.5) is 5.69 Å². The third-order valence-electron chi connectivity index (χ3n) is 4.39. The summed E-state index contributed by atoms with van der Waals surface area (Å²) in [5.41, 5.74) is 5.45. The first-order valence-corrected chi connectivity index (χ1v) is 7.50. The molecule has 0 aliphatic heterocycles. The number of anilines is 1. The van der Waals surface area contributed by atoms with E-state index in [9.17, 15) is 0 Å². The average Bonchev–Trinajstić information content (AvgIpc) is 2.90. The molecule has 0 radical (unpaired) electrons. The van der Waals surface area contributed by atoms with Gasteiger partial charge in [0.05, 0.1) is 6.04 Å². The van der Waals surface area contributed by atoms with Gasteiger partial charge >= 0.3 is 0 Å². The minimum atomic E-state index is 0.408. The molecule has 0 saturated heterocycles. The van der Waals surface area contributed by atoms with Gasteiger partial charge in [-0.3, -0.25) is 4.98 Å². The van der Waals surface area contributed by atoms with Crippen molar-refractivity contribution in [2.24, 2.45) is 0 Å². The van der Waals surface area contributed by atoms with E-state index in [1.54, 1.807) is 0 Å². The van der Waals surface area contributed by atoms with E-state index in [1.807, 2.05) is 12.4 Å². The molecule has 104 valence electrons. The summed E-state index contributed by atoms with van der Waals surface area (Å²) >= 11 is 0. The van der Waals surface area contributed by atoms with Gasteiger partial charge in [-0.25, -0.2) is 0 Å². The van der Waals surface area contributed by atoms with Gasteiger partial charge in [0, 0.05) is 23.5 Å². The second-order valence-electron chi connectivity index (χ2n) is 5.84. The molecule has 0 fully saturated rings. The van der Waals surface area contributed by atoms with Gasteiger partial charge < -0.3 is 5.32 Å². The van der Waals surface area contributed by atoms with Crippen LogP contribution in [0.3, 0.4) is 0 Å². The number of pyridine rings is 1. The number of aryl methyl sites for hydroxylation is 2. The Labute approximate surface area is 124 Å². The third-order valence-corrected chi connectivity index (χ3v) is 4.39. The summed E-state index contributed by atoms with van der Waals surface area (Å²) in [4.78, 5) is 4.27. The molecule has 0 saturated carbocycles. The number of fused-ring (bicyclic) bond motifs is 2. The van der Waals surface area contributed by atoms with Crippen LogP contribution in [-0.4, -0.2) is 4.98 Å². The Balaban J connectivity index is 1.73. The van der Waals surface area contributed by atoms with Crippen LogP contribution in [0.5, 0.6) is 0 Å². The van der Waals surface area contributed by atoms with E-state index in [0.29, 0.717) is 6.04 Å². The van der Waals surface area contributed by atoms with E-state index in [2.05, 4.69) is 59.7 Å². The van der Waals surface area contributed by atoms with E-state index in [4.69, 9.17) is 0 Å². The summed E-state index contributed by atoms with van der Waals surface area (Å²) in [6.07, 6.45) is 6.12. The Kier molecular flexibility index (Phi) is 2.88. The van der Waals surface area contributed by atoms with Crippen molar-refractivity contribution >= 4 is 16.5 Å². The Hall–Kier alpha value is -2.35. The lowest BCUT2D eigenvalue weighted by Gasteiger charge is -2.17. The summed E-state index contributed by atoms with van der Waals surface area (Å²) in [6, 6.07) is 15.7. The molecule has 0 bridgehead atoms. The van der Waals surface area contributed by atoms with Gasteiger partial charge in [-0.15, -0.1) is 0 Å². The van der Waals surface area contributed by atoms with E-state index in [-0.39, 0.29) is 0 Å². The van der Waals surface area contributed by atoms with Crippen LogP contribution in [0.25, 0.3) is 10.8 Å². The Morgan fingerprint density at radius 1 is 1.14 bits per heavy atom. The minimum Gasteiger partial charge on any atom is -0.378 e. The zero-order chi connectivity index (χ0) is 14.2. The van der Waals surface area contributed by atoms with E-state index in [1.165, 1.54) is 33.2 Å². The van der Waals surface area contributed by atoms with E-state index >= 15 is 0 Å². The van der Waals surface area contributed by atoms with Crippen molar-refractivity contribution in [1.82, 2.24) is 4.98 Å². The van der Waals surface area contributed by atoms with Crippen LogP contribution >= 0.6 is 0 Å². The molecule has 1 aliphatic rings. The van der Waals surface area contributed by atoms with Gasteiger partial charge in [0.1, 0.15) is 0 Å². The molecule has 1 unspecified atom stereocenters. The highest BCUT2D eigenvalue weighted by Gasteiger charge is 2.22. The van der Waals surface area contributed by atoms with Crippen molar-refractivity contribution in [1.29, 1.82) is 0 Å². The number of rotatable bonds is 2. The molecule has 0 spiro atoms. The van der Waals surface area contributed by atoms with Gasteiger partial charge in [-0.05, 0) is 48.4 Å². The maximum Gasteiger partial charge on any atom is 0.0520 e. The maximum absolute atomic E-state index is 4.27. The topological polar surface area (TPSA) is 24.9 Å². The predicted octanol–water partition coefficient (Wildman–Crippen LogP) is 4.64. The molecule has 3 aromatic rings. The number of nitrogens with zero attached hydrogens (tertiary/aromatic N) is 1. The molecule has 2 aromatic carbocycles. The standard InChI is InChI=1S/C19H18N2/c1-13-5-6-15-7-8-19(16(15)11-13)21-18-4-2-3-14-9-10-20-12-17(14)18/h2-6,9-12,19,21H,7-8H2,1H3. The molecule has 2 nitrogen and oxygen atoms in total. The number of hydrogen-bond acceptors (Lipinski definition) is 2.